The molecule has 0 saturated heterocycles. The Bertz CT molecular complexity index is 860. The third-order valence-electron chi connectivity index (χ3n) is 3.91. The van der Waals surface area contributed by atoms with Crippen molar-refractivity contribution in [2.45, 2.75) is 0 Å². The lowest BCUT2D eigenvalue weighted by molar-refractivity contribution is 0.415. The van der Waals surface area contributed by atoms with Crippen molar-refractivity contribution in [1.82, 2.24) is 10.2 Å². The molecule has 0 unspecified atom stereocenters. The fourth-order valence-electron chi connectivity index (χ4n) is 2.68. The predicted molar refractivity (Wildman–Crippen MR) is 93.3 cm³/mol. The lowest BCUT2D eigenvalue weighted by Crippen LogP contribution is -2.30. The van der Waals surface area contributed by atoms with Crippen LogP contribution in [0.2, 0.25) is 0 Å². The standard InChI is InChI=1S/C17H17N5O2/c1-23-12-9-7-11(8-10-12)15-16-17(19-18-15)21-22(20-16)13-5-3-4-6-14(13)24-2/h3-10,20H,1-2H3,(H2,18,19,21). The third kappa shape index (κ3) is 2.26. The van der Waals surface area contributed by atoms with Gasteiger partial charge in [-0.25, -0.2) is 0 Å². The van der Waals surface area contributed by atoms with E-state index >= 15 is 0 Å². The second-order valence-corrected chi connectivity index (χ2v) is 5.28. The second-order valence-electron chi connectivity index (χ2n) is 5.28. The number of aromatic amines is 1. The van der Waals surface area contributed by atoms with E-state index < -0.39 is 0 Å². The first-order valence-corrected chi connectivity index (χ1v) is 7.49. The van der Waals surface area contributed by atoms with Crippen molar-refractivity contribution in [3.63, 3.8) is 0 Å². The van der Waals surface area contributed by atoms with E-state index in [9.17, 15) is 0 Å². The summed E-state index contributed by atoms with van der Waals surface area (Å²) < 4.78 is 10.6. The highest BCUT2D eigenvalue weighted by atomic mass is 16.5. The molecule has 0 bridgehead atoms. The van der Waals surface area contributed by atoms with Crippen LogP contribution in [0.15, 0.2) is 48.5 Å². The van der Waals surface area contributed by atoms with Gasteiger partial charge in [-0.15, -0.1) is 0 Å². The summed E-state index contributed by atoms with van der Waals surface area (Å²) in [5.74, 6) is 2.31. The van der Waals surface area contributed by atoms with Crippen molar-refractivity contribution < 1.29 is 9.47 Å². The highest BCUT2D eigenvalue weighted by molar-refractivity contribution is 5.89. The van der Waals surface area contributed by atoms with Crippen LogP contribution < -0.4 is 25.4 Å². The Morgan fingerprint density at radius 2 is 1.71 bits per heavy atom. The maximum Gasteiger partial charge on any atom is 0.193 e. The maximum absolute atomic E-state index is 5.41. The number of ether oxygens (including phenoxy) is 2. The van der Waals surface area contributed by atoms with Crippen LogP contribution in [0.3, 0.4) is 0 Å². The molecule has 3 aromatic rings. The molecule has 0 saturated carbocycles. The van der Waals surface area contributed by atoms with Crippen LogP contribution in [0.4, 0.5) is 17.2 Å². The summed E-state index contributed by atoms with van der Waals surface area (Å²) in [4.78, 5) is 0. The van der Waals surface area contributed by atoms with Crippen LogP contribution in [-0.4, -0.2) is 24.4 Å². The molecule has 24 heavy (non-hydrogen) atoms. The molecule has 1 aromatic heterocycles. The van der Waals surface area contributed by atoms with E-state index in [2.05, 4.69) is 21.0 Å². The molecule has 7 heteroatoms. The molecular weight excluding hydrogens is 306 g/mol. The Hall–Kier alpha value is -3.35. The molecule has 0 atom stereocenters. The van der Waals surface area contributed by atoms with Gasteiger partial charge in [-0.2, -0.15) is 10.2 Å². The Balaban J connectivity index is 1.65. The summed E-state index contributed by atoms with van der Waals surface area (Å²) in [6.07, 6.45) is 0. The Kier molecular flexibility index (Phi) is 3.38. The molecule has 2 aromatic carbocycles. The highest BCUT2D eigenvalue weighted by Crippen LogP contribution is 2.39. The van der Waals surface area contributed by atoms with E-state index in [0.29, 0.717) is 0 Å². The van der Waals surface area contributed by atoms with Gasteiger partial charge in [0.2, 0.25) is 0 Å². The zero-order valence-corrected chi connectivity index (χ0v) is 13.3. The smallest absolute Gasteiger partial charge is 0.193 e. The van der Waals surface area contributed by atoms with Gasteiger partial charge in [0.05, 0.1) is 19.9 Å². The number of nitrogens with zero attached hydrogens (tertiary/aromatic N) is 2. The van der Waals surface area contributed by atoms with Crippen LogP contribution in [0.5, 0.6) is 11.5 Å². The normalized spacial score (nSPS) is 12.3. The van der Waals surface area contributed by atoms with Crippen LogP contribution in [0, 0.1) is 0 Å². The highest BCUT2D eigenvalue weighted by Gasteiger charge is 2.26. The Morgan fingerprint density at radius 1 is 0.917 bits per heavy atom. The minimum Gasteiger partial charge on any atom is -0.497 e. The van der Waals surface area contributed by atoms with Gasteiger partial charge in [0.1, 0.15) is 22.9 Å². The number of H-pyrrole nitrogens is 1. The zero-order valence-electron chi connectivity index (χ0n) is 13.3. The number of hydrogen-bond donors (Lipinski definition) is 3. The van der Waals surface area contributed by atoms with E-state index in [-0.39, 0.29) is 0 Å². The topological polar surface area (TPSA) is 74.4 Å². The zero-order chi connectivity index (χ0) is 16.5. The molecule has 122 valence electrons. The van der Waals surface area contributed by atoms with Gasteiger partial charge in [-0.1, -0.05) is 12.1 Å². The number of hydrazine groups is 2. The van der Waals surface area contributed by atoms with Gasteiger partial charge in [0.25, 0.3) is 0 Å². The van der Waals surface area contributed by atoms with Crippen LogP contribution in [-0.2, 0) is 0 Å². The first-order chi connectivity index (χ1) is 11.8. The van der Waals surface area contributed by atoms with Crippen molar-refractivity contribution in [2.75, 3.05) is 30.2 Å². The minimum atomic E-state index is 0.728. The van der Waals surface area contributed by atoms with E-state index in [4.69, 9.17) is 9.47 Å². The second kappa shape index (κ2) is 5.69. The first kappa shape index (κ1) is 14.3. The lowest BCUT2D eigenvalue weighted by atomic mass is 10.1. The number of para-hydroxylation sites is 2. The fourth-order valence-corrected chi connectivity index (χ4v) is 2.68. The molecule has 0 aliphatic carbocycles. The van der Waals surface area contributed by atoms with E-state index in [1.165, 1.54) is 0 Å². The molecule has 1 aliphatic heterocycles. The number of methoxy groups -OCH3 is 2. The molecule has 2 heterocycles. The average Bonchev–Trinajstić information content (AvgIpc) is 3.22. The quantitative estimate of drug-likeness (QED) is 0.684. The predicted octanol–water partition coefficient (Wildman–Crippen LogP) is 3.27. The number of fused-ring (bicyclic) bond motifs is 1. The number of anilines is 3. The van der Waals surface area contributed by atoms with Gasteiger partial charge < -0.3 is 9.47 Å². The molecule has 7 nitrogen and oxygen atoms in total. The summed E-state index contributed by atoms with van der Waals surface area (Å²) in [5, 5.41) is 9.18. The van der Waals surface area contributed by atoms with Crippen molar-refractivity contribution in [1.29, 1.82) is 0 Å². The van der Waals surface area contributed by atoms with Gasteiger partial charge in [-0.3, -0.25) is 16.0 Å². The summed E-state index contributed by atoms with van der Waals surface area (Å²) in [7, 11) is 3.30. The Morgan fingerprint density at radius 3 is 2.46 bits per heavy atom. The van der Waals surface area contributed by atoms with Crippen molar-refractivity contribution >= 4 is 17.2 Å². The third-order valence-corrected chi connectivity index (χ3v) is 3.91. The summed E-state index contributed by atoms with van der Waals surface area (Å²) >= 11 is 0. The van der Waals surface area contributed by atoms with Gasteiger partial charge in [0.15, 0.2) is 5.82 Å². The summed E-state index contributed by atoms with van der Waals surface area (Å²) in [6, 6.07) is 15.6. The molecular formula is C17H17N5O2. The molecule has 1 aliphatic rings. The van der Waals surface area contributed by atoms with Crippen molar-refractivity contribution in [3.8, 4) is 22.8 Å². The van der Waals surface area contributed by atoms with Crippen molar-refractivity contribution in [2.24, 2.45) is 0 Å². The average molecular weight is 323 g/mol. The number of hydrogen-bond acceptors (Lipinski definition) is 6. The van der Waals surface area contributed by atoms with Crippen LogP contribution in [0.25, 0.3) is 11.3 Å². The molecule has 4 rings (SSSR count). The van der Waals surface area contributed by atoms with Crippen molar-refractivity contribution in [3.05, 3.63) is 48.5 Å². The Labute approximate surface area is 139 Å². The fraction of sp³-hybridized carbons (Fsp3) is 0.118. The molecule has 0 spiro atoms. The molecule has 0 radical (unpaired) electrons. The monoisotopic (exact) mass is 323 g/mol. The number of benzene rings is 2. The summed E-state index contributed by atoms with van der Waals surface area (Å²) in [6.45, 7) is 0. The first-order valence-electron chi connectivity index (χ1n) is 7.49. The largest absolute Gasteiger partial charge is 0.497 e. The van der Waals surface area contributed by atoms with Crippen LogP contribution >= 0.6 is 0 Å². The van der Waals surface area contributed by atoms with Gasteiger partial charge in [0, 0.05) is 5.56 Å². The van der Waals surface area contributed by atoms with Crippen LogP contribution in [0.1, 0.15) is 0 Å². The van der Waals surface area contributed by atoms with E-state index in [1.807, 2.05) is 48.5 Å². The molecule has 3 N–H and O–H groups in total. The van der Waals surface area contributed by atoms with Gasteiger partial charge in [-0.05, 0) is 36.4 Å². The number of nitrogens with one attached hydrogen (secondary N) is 3. The minimum absolute atomic E-state index is 0.728. The SMILES string of the molecule is COc1ccc(-c2[nH]nc3c2NN(c2ccccc2OC)N3)cc1. The molecule has 0 amide bonds. The number of rotatable bonds is 4. The van der Waals surface area contributed by atoms with E-state index in [1.54, 1.807) is 19.3 Å². The number of aromatic nitrogens is 2. The van der Waals surface area contributed by atoms with Gasteiger partial charge >= 0.3 is 0 Å². The summed E-state index contributed by atoms with van der Waals surface area (Å²) in [5.41, 5.74) is 10.2. The molecule has 0 fully saturated rings. The lowest BCUT2D eigenvalue weighted by Gasteiger charge is -2.21. The maximum atomic E-state index is 5.41. The van der Waals surface area contributed by atoms with E-state index in [0.717, 1.165) is 39.9 Å².